The van der Waals surface area contributed by atoms with E-state index < -0.39 is 0 Å². The predicted molar refractivity (Wildman–Crippen MR) is 55.2 cm³/mol. The van der Waals surface area contributed by atoms with Gasteiger partial charge in [-0.15, -0.1) is 18.8 Å². The van der Waals surface area contributed by atoms with Crippen LogP contribution in [0.1, 0.15) is 12.8 Å². The van der Waals surface area contributed by atoms with Crippen molar-refractivity contribution in [3.63, 3.8) is 0 Å². The van der Waals surface area contributed by atoms with Crippen molar-refractivity contribution in [2.75, 3.05) is 19.6 Å². The second-order valence-corrected chi connectivity index (χ2v) is 3.23. The second kappa shape index (κ2) is 6.66. The first kappa shape index (κ1) is 13.2. The molecule has 1 heterocycles. The van der Waals surface area contributed by atoms with E-state index in [2.05, 4.69) is 10.8 Å². The first-order valence-electron chi connectivity index (χ1n) is 4.37. The number of carbonyl (C=O) groups excluding carboxylic acids is 1. The van der Waals surface area contributed by atoms with Gasteiger partial charge in [-0.3, -0.25) is 14.9 Å². The van der Waals surface area contributed by atoms with Crippen molar-refractivity contribution in [3.05, 3.63) is 0 Å². The van der Waals surface area contributed by atoms with E-state index in [1.807, 2.05) is 0 Å². The molecule has 1 amide bonds. The molecule has 1 aliphatic heterocycles. The van der Waals surface area contributed by atoms with Crippen LogP contribution in [0, 0.1) is 18.3 Å². The molecule has 0 aromatic rings. The lowest BCUT2D eigenvalue weighted by molar-refractivity contribution is -0.134. The Morgan fingerprint density at radius 1 is 1.57 bits per heavy atom. The Kier molecular flexibility index (Phi) is 6.30. The molecule has 80 valence electrons. The summed E-state index contributed by atoms with van der Waals surface area (Å²) in [4.78, 5) is 13.1. The predicted octanol–water partition coefficient (Wildman–Crippen LogP) is 0.259. The molecule has 4 nitrogen and oxygen atoms in total. The minimum absolute atomic E-state index is 0. The van der Waals surface area contributed by atoms with Gasteiger partial charge in [0.15, 0.2) is 0 Å². The molecule has 1 saturated heterocycles. The van der Waals surface area contributed by atoms with Crippen LogP contribution in [0.25, 0.3) is 0 Å². The highest BCUT2D eigenvalue weighted by Crippen LogP contribution is 2.16. The Hall–Kier alpha value is -0.760. The number of terminal acetylenes is 1. The number of halogens is 1. The summed E-state index contributed by atoms with van der Waals surface area (Å²) in [5.74, 6) is 2.24. The van der Waals surface area contributed by atoms with Crippen LogP contribution >= 0.6 is 12.4 Å². The molecule has 0 saturated carbocycles. The molecule has 14 heavy (non-hydrogen) atoms. The fourth-order valence-electron chi connectivity index (χ4n) is 1.57. The van der Waals surface area contributed by atoms with Gasteiger partial charge in [0.2, 0.25) is 5.91 Å². The number of nitrogens with zero attached hydrogens (tertiary/aromatic N) is 1. The lowest BCUT2D eigenvalue weighted by Gasteiger charge is -2.29. The normalized spacial score (nSPS) is 18.0. The Bertz CT molecular complexity index is 219. The SMILES string of the molecule is C#CCN1CCC(C(=O)NO)CC1.Cl. The van der Waals surface area contributed by atoms with Gasteiger partial charge in [-0.25, -0.2) is 5.48 Å². The molecule has 0 bridgehead atoms. The summed E-state index contributed by atoms with van der Waals surface area (Å²) in [6, 6.07) is 0. The summed E-state index contributed by atoms with van der Waals surface area (Å²) in [5.41, 5.74) is 1.68. The van der Waals surface area contributed by atoms with Crippen LogP contribution in [0.4, 0.5) is 0 Å². The first-order valence-corrected chi connectivity index (χ1v) is 4.37. The zero-order valence-corrected chi connectivity index (χ0v) is 8.72. The van der Waals surface area contributed by atoms with Gasteiger partial charge in [0.1, 0.15) is 0 Å². The summed E-state index contributed by atoms with van der Waals surface area (Å²) >= 11 is 0. The highest BCUT2D eigenvalue weighted by atomic mass is 35.5. The van der Waals surface area contributed by atoms with E-state index in [1.54, 1.807) is 5.48 Å². The number of piperidine rings is 1. The molecule has 0 unspecified atom stereocenters. The van der Waals surface area contributed by atoms with Gasteiger partial charge in [-0.2, -0.15) is 0 Å². The van der Waals surface area contributed by atoms with Crippen LogP contribution < -0.4 is 5.48 Å². The number of likely N-dealkylation sites (tertiary alicyclic amines) is 1. The van der Waals surface area contributed by atoms with Crippen molar-refractivity contribution in [1.82, 2.24) is 10.4 Å². The topological polar surface area (TPSA) is 52.6 Å². The van der Waals surface area contributed by atoms with Crippen LogP contribution in [0.15, 0.2) is 0 Å². The van der Waals surface area contributed by atoms with Crippen molar-refractivity contribution in [1.29, 1.82) is 0 Å². The van der Waals surface area contributed by atoms with E-state index in [-0.39, 0.29) is 24.2 Å². The molecule has 1 rings (SSSR count). The smallest absolute Gasteiger partial charge is 0.246 e. The van der Waals surface area contributed by atoms with Gasteiger partial charge >= 0.3 is 0 Å². The molecule has 2 N–H and O–H groups in total. The number of rotatable bonds is 2. The minimum atomic E-state index is -0.277. The maximum absolute atomic E-state index is 11.0. The maximum Gasteiger partial charge on any atom is 0.246 e. The molecular formula is C9H15ClN2O2. The van der Waals surface area contributed by atoms with E-state index in [0.717, 1.165) is 25.9 Å². The molecule has 0 aliphatic carbocycles. The number of nitrogens with one attached hydrogen (secondary N) is 1. The first-order chi connectivity index (χ1) is 6.27. The van der Waals surface area contributed by atoms with Crippen molar-refractivity contribution < 1.29 is 10.0 Å². The number of carbonyl (C=O) groups is 1. The largest absolute Gasteiger partial charge is 0.292 e. The standard InChI is InChI=1S/C9H14N2O2.ClH/c1-2-5-11-6-3-8(4-7-11)9(12)10-13;/h1,8,13H,3-7H2,(H,10,12);1H. The van der Waals surface area contributed by atoms with Crippen LogP contribution in [-0.4, -0.2) is 35.6 Å². The van der Waals surface area contributed by atoms with Gasteiger partial charge in [-0.05, 0) is 25.9 Å². The monoisotopic (exact) mass is 218 g/mol. The third kappa shape index (κ3) is 3.54. The lowest BCUT2D eigenvalue weighted by atomic mass is 9.96. The summed E-state index contributed by atoms with van der Waals surface area (Å²) in [6.45, 7) is 2.32. The molecule has 1 fully saturated rings. The Morgan fingerprint density at radius 2 is 2.14 bits per heavy atom. The fraction of sp³-hybridized carbons (Fsp3) is 0.667. The van der Waals surface area contributed by atoms with Crippen molar-refractivity contribution >= 4 is 18.3 Å². The fourth-order valence-corrected chi connectivity index (χ4v) is 1.57. The quantitative estimate of drug-likeness (QED) is 0.397. The Balaban J connectivity index is 0.00000169. The van der Waals surface area contributed by atoms with Crippen molar-refractivity contribution in [2.45, 2.75) is 12.8 Å². The molecule has 0 aromatic carbocycles. The number of hydroxylamine groups is 1. The van der Waals surface area contributed by atoms with E-state index in [9.17, 15) is 4.79 Å². The van der Waals surface area contributed by atoms with Crippen LogP contribution in [0.5, 0.6) is 0 Å². The molecule has 0 spiro atoms. The number of amides is 1. The second-order valence-electron chi connectivity index (χ2n) is 3.23. The summed E-state index contributed by atoms with van der Waals surface area (Å²) in [6.07, 6.45) is 6.71. The average Bonchev–Trinajstić information content (AvgIpc) is 2.18. The number of hydrogen-bond acceptors (Lipinski definition) is 3. The molecule has 0 atom stereocenters. The third-order valence-electron chi connectivity index (χ3n) is 2.38. The van der Waals surface area contributed by atoms with Gasteiger partial charge in [0, 0.05) is 5.92 Å². The number of hydrogen-bond donors (Lipinski definition) is 2. The van der Waals surface area contributed by atoms with Crippen molar-refractivity contribution in [3.8, 4) is 12.3 Å². The van der Waals surface area contributed by atoms with E-state index in [0.29, 0.717) is 6.54 Å². The molecule has 5 heteroatoms. The molecular weight excluding hydrogens is 204 g/mol. The Morgan fingerprint density at radius 3 is 2.57 bits per heavy atom. The van der Waals surface area contributed by atoms with Gasteiger partial charge in [0.05, 0.1) is 6.54 Å². The molecule has 1 aliphatic rings. The van der Waals surface area contributed by atoms with Gasteiger partial charge < -0.3 is 0 Å². The molecule has 0 aromatic heterocycles. The highest BCUT2D eigenvalue weighted by molar-refractivity contribution is 5.85. The summed E-state index contributed by atoms with van der Waals surface area (Å²) < 4.78 is 0. The molecule has 0 radical (unpaired) electrons. The average molecular weight is 219 g/mol. The summed E-state index contributed by atoms with van der Waals surface area (Å²) in [5, 5.41) is 8.41. The van der Waals surface area contributed by atoms with Crippen LogP contribution in [0.3, 0.4) is 0 Å². The van der Waals surface area contributed by atoms with Gasteiger partial charge in [0.25, 0.3) is 0 Å². The van der Waals surface area contributed by atoms with Crippen LogP contribution in [-0.2, 0) is 4.79 Å². The van der Waals surface area contributed by atoms with E-state index in [4.69, 9.17) is 11.6 Å². The zero-order valence-electron chi connectivity index (χ0n) is 7.90. The Labute approximate surface area is 90.0 Å². The summed E-state index contributed by atoms with van der Waals surface area (Å²) in [7, 11) is 0. The highest BCUT2D eigenvalue weighted by Gasteiger charge is 2.23. The van der Waals surface area contributed by atoms with Gasteiger partial charge in [-0.1, -0.05) is 5.92 Å². The third-order valence-corrected chi connectivity index (χ3v) is 2.38. The zero-order chi connectivity index (χ0) is 9.68. The van der Waals surface area contributed by atoms with E-state index in [1.165, 1.54) is 0 Å². The lowest BCUT2D eigenvalue weighted by Crippen LogP contribution is -2.39. The van der Waals surface area contributed by atoms with Crippen molar-refractivity contribution in [2.24, 2.45) is 5.92 Å². The minimum Gasteiger partial charge on any atom is -0.292 e. The van der Waals surface area contributed by atoms with Crippen LogP contribution in [0.2, 0.25) is 0 Å². The maximum atomic E-state index is 11.0. The van der Waals surface area contributed by atoms with E-state index >= 15 is 0 Å².